The van der Waals surface area contributed by atoms with Crippen molar-refractivity contribution in [2.24, 2.45) is 0 Å². The zero-order chi connectivity index (χ0) is 11.4. The van der Waals surface area contributed by atoms with Crippen LogP contribution in [0.5, 0.6) is 0 Å². The van der Waals surface area contributed by atoms with Crippen LogP contribution >= 0.6 is 11.6 Å². The first-order valence-corrected chi connectivity index (χ1v) is 5.05. The Bertz CT molecular complexity index is 330. The second kappa shape index (κ2) is 5.28. The molecule has 0 aliphatic carbocycles. The molecule has 0 aliphatic heterocycles. The third-order valence-corrected chi connectivity index (χ3v) is 2.24. The van der Waals surface area contributed by atoms with Gasteiger partial charge in [0.05, 0.1) is 5.02 Å². The number of anilines is 1. The minimum Gasteiger partial charge on any atom is -0.356 e. The Kier molecular flexibility index (Phi) is 4.29. The molecule has 1 aromatic heterocycles. The van der Waals surface area contributed by atoms with Gasteiger partial charge >= 0.3 is 0 Å². The van der Waals surface area contributed by atoms with Crippen LogP contribution in [0.15, 0.2) is 12.3 Å². The normalized spacial score (nSPS) is 10.8. The summed E-state index contributed by atoms with van der Waals surface area (Å²) >= 11 is 5.62. The molecule has 0 aliphatic rings. The number of rotatable bonds is 4. The van der Waals surface area contributed by atoms with Gasteiger partial charge in [0.2, 0.25) is 0 Å². The van der Waals surface area contributed by atoms with E-state index >= 15 is 0 Å². The predicted octanol–water partition coefficient (Wildman–Crippen LogP) is 1.87. The van der Waals surface area contributed by atoms with Gasteiger partial charge in [-0.25, -0.2) is 9.37 Å². The molecule has 0 aromatic carbocycles. The van der Waals surface area contributed by atoms with Crippen LogP contribution < -0.4 is 4.90 Å². The fourth-order valence-electron chi connectivity index (χ4n) is 1.14. The smallest absolute Gasteiger partial charge is 0.167 e. The molecule has 0 amide bonds. The monoisotopic (exact) mass is 231 g/mol. The highest BCUT2D eigenvalue weighted by molar-refractivity contribution is 6.30. The van der Waals surface area contributed by atoms with E-state index in [1.54, 1.807) is 4.90 Å². The number of nitrogens with zero attached hydrogens (tertiary/aromatic N) is 3. The molecule has 0 saturated heterocycles. The van der Waals surface area contributed by atoms with Gasteiger partial charge in [-0.15, -0.1) is 0 Å². The molecule has 0 fully saturated rings. The number of aromatic nitrogens is 1. The highest BCUT2D eigenvalue weighted by atomic mass is 35.5. The number of likely N-dealkylation sites (N-methyl/N-ethyl adjacent to an activating group) is 2. The summed E-state index contributed by atoms with van der Waals surface area (Å²) in [5, 5.41) is 0.317. The van der Waals surface area contributed by atoms with Crippen molar-refractivity contribution in [3.63, 3.8) is 0 Å². The first-order chi connectivity index (χ1) is 7.00. The molecule has 0 N–H and O–H groups in total. The zero-order valence-corrected chi connectivity index (χ0v) is 9.92. The van der Waals surface area contributed by atoms with Crippen LogP contribution in [0.2, 0.25) is 5.02 Å². The molecule has 3 nitrogen and oxygen atoms in total. The fourth-order valence-corrected chi connectivity index (χ4v) is 1.29. The van der Waals surface area contributed by atoms with Gasteiger partial charge in [0, 0.05) is 26.3 Å². The van der Waals surface area contributed by atoms with E-state index in [4.69, 9.17) is 11.6 Å². The van der Waals surface area contributed by atoms with Crippen LogP contribution in [0, 0.1) is 5.82 Å². The Morgan fingerprint density at radius 1 is 1.33 bits per heavy atom. The van der Waals surface area contributed by atoms with Gasteiger partial charge in [0.25, 0.3) is 0 Å². The first kappa shape index (κ1) is 12.2. The molecule has 84 valence electrons. The van der Waals surface area contributed by atoms with Gasteiger partial charge in [-0.05, 0) is 20.2 Å². The molecule has 1 heterocycles. The van der Waals surface area contributed by atoms with Gasteiger partial charge in [-0.1, -0.05) is 11.6 Å². The molecule has 1 rings (SSSR count). The van der Waals surface area contributed by atoms with E-state index in [2.05, 4.69) is 4.98 Å². The van der Waals surface area contributed by atoms with Crippen molar-refractivity contribution in [1.29, 1.82) is 0 Å². The highest BCUT2D eigenvalue weighted by Gasteiger charge is 2.09. The molecule has 5 heteroatoms. The molecular formula is C10H15ClFN3. The summed E-state index contributed by atoms with van der Waals surface area (Å²) in [5.41, 5.74) is 0. The van der Waals surface area contributed by atoms with Crippen molar-refractivity contribution >= 4 is 17.4 Å². The van der Waals surface area contributed by atoms with Crippen molar-refractivity contribution in [3.8, 4) is 0 Å². The van der Waals surface area contributed by atoms with Crippen molar-refractivity contribution < 1.29 is 4.39 Å². The fraction of sp³-hybridized carbons (Fsp3) is 0.500. The molecule has 0 unspecified atom stereocenters. The van der Waals surface area contributed by atoms with E-state index in [0.717, 1.165) is 13.1 Å². The summed E-state index contributed by atoms with van der Waals surface area (Å²) in [6.07, 6.45) is 1.45. The minimum atomic E-state index is -0.385. The molecule has 0 bridgehead atoms. The van der Waals surface area contributed by atoms with Crippen LogP contribution in [0.4, 0.5) is 10.2 Å². The van der Waals surface area contributed by atoms with Crippen LogP contribution in [-0.2, 0) is 0 Å². The summed E-state index contributed by atoms with van der Waals surface area (Å²) in [6, 6.07) is 1.27. The topological polar surface area (TPSA) is 19.4 Å². The molecule has 15 heavy (non-hydrogen) atoms. The maximum atomic E-state index is 13.4. The second-order valence-electron chi connectivity index (χ2n) is 3.68. The van der Waals surface area contributed by atoms with Crippen LogP contribution in [0.1, 0.15) is 0 Å². The number of hydrogen-bond donors (Lipinski definition) is 0. The van der Waals surface area contributed by atoms with Crippen molar-refractivity contribution in [3.05, 3.63) is 23.1 Å². The summed E-state index contributed by atoms with van der Waals surface area (Å²) in [5.74, 6) is -0.0509. The van der Waals surface area contributed by atoms with Gasteiger partial charge in [-0.2, -0.15) is 0 Å². The number of halogens is 2. The first-order valence-electron chi connectivity index (χ1n) is 4.67. The lowest BCUT2D eigenvalue weighted by atomic mass is 10.4. The van der Waals surface area contributed by atoms with Crippen LogP contribution in [0.3, 0.4) is 0 Å². The van der Waals surface area contributed by atoms with E-state index in [1.165, 1.54) is 12.3 Å². The second-order valence-corrected chi connectivity index (χ2v) is 4.12. The standard InChI is InChI=1S/C10H15ClFN3/c1-14(2)4-5-15(3)10-9(12)6-8(11)7-13-10/h6-7H,4-5H2,1-3H3. The largest absolute Gasteiger partial charge is 0.356 e. The Labute approximate surface area is 94.5 Å². The lowest BCUT2D eigenvalue weighted by Crippen LogP contribution is -2.29. The van der Waals surface area contributed by atoms with E-state index in [1.807, 2.05) is 26.0 Å². The van der Waals surface area contributed by atoms with E-state index in [-0.39, 0.29) is 5.82 Å². The van der Waals surface area contributed by atoms with Gasteiger partial charge in [0.15, 0.2) is 11.6 Å². The van der Waals surface area contributed by atoms with Crippen molar-refractivity contribution in [1.82, 2.24) is 9.88 Å². The highest BCUT2D eigenvalue weighted by Crippen LogP contribution is 2.18. The molecule has 1 aromatic rings. The predicted molar refractivity (Wildman–Crippen MR) is 61.0 cm³/mol. The average Bonchev–Trinajstić information content (AvgIpc) is 2.14. The summed E-state index contributed by atoms with van der Waals surface area (Å²) in [6.45, 7) is 1.57. The van der Waals surface area contributed by atoms with Crippen molar-refractivity contribution in [2.45, 2.75) is 0 Å². The lowest BCUT2D eigenvalue weighted by Gasteiger charge is -2.20. The van der Waals surface area contributed by atoms with E-state index in [0.29, 0.717) is 10.8 Å². The molecule has 0 saturated carbocycles. The Hall–Kier alpha value is -0.870. The summed E-state index contributed by atoms with van der Waals surface area (Å²) in [7, 11) is 5.75. The van der Waals surface area contributed by atoms with E-state index < -0.39 is 0 Å². The zero-order valence-electron chi connectivity index (χ0n) is 9.17. The van der Waals surface area contributed by atoms with Crippen LogP contribution in [0.25, 0.3) is 0 Å². The third kappa shape index (κ3) is 3.64. The van der Waals surface area contributed by atoms with Gasteiger partial charge in [0.1, 0.15) is 0 Å². The molecular weight excluding hydrogens is 217 g/mol. The average molecular weight is 232 g/mol. The molecule has 0 atom stereocenters. The van der Waals surface area contributed by atoms with Crippen LogP contribution in [-0.4, -0.2) is 44.1 Å². The Morgan fingerprint density at radius 2 is 2.00 bits per heavy atom. The summed E-state index contributed by atoms with van der Waals surface area (Å²) < 4.78 is 13.4. The minimum absolute atomic E-state index is 0.317. The van der Waals surface area contributed by atoms with Gasteiger partial charge < -0.3 is 9.80 Å². The number of pyridine rings is 1. The SMILES string of the molecule is CN(C)CCN(C)c1ncc(Cl)cc1F. The maximum absolute atomic E-state index is 13.4. The Balaban J connectivity index is 2.69. The maximum Gasteiger partial charge on any atom is 0.167 e. The lowest BCUT2D eigenvalue weighted by molar-refractivity contribution is 0.415. The van der Waals surface area contributed by atoms with Crippen molar-refractivity contribution in [2.75, 3.05) is 39.1 Å². The quantitative estimate of drug-likeness (QED) is 0.789. The number of hydrogen-bond acceptors (Lipinski definition) is 3. The Morgan fingerprint density at radius 3 is 2.53 bits per heavy atom. The van der Waals surface area contributed by atoms with Gasteiger partial charge in [-0.3, -0.25) is 0 Å². The van der Waals surface area contributed by atoms with E-state index in [9.17, 15) is 4.39 Å². The summed E-state index contributed by atoms with van der Waals surface area (Å²) in [4.78, 5) is 7.76. The molecule has 0 radical (unpaired) electrons. The molecule has 0 spiro atoms. The third-order valence-electron chi connectivity index (χ3n) is 2.03.